The number of phenolic OH excluding ortho intramolecular Hbond substituents is 1. The van der Waals surface area contributed by atoms with Crippen molar-refractivity contribution in [3.8, 4) is 67.9 Å². The summed E-state index contributed by atoms with van der Waals surface area (Å²) in [6.07, 6.45) is 0.417. The molecule has 0 saturated heterocycles. The Morgan fingerprint density at radius 2 is 1.10 bits per heavy atom. The van der Waals surface area contributed by atoms with Gasteiger partial charge in [-0.25, -0.2) is 19.7 Å². The van der Waals surface area contributed by atoms with Crippen LogP contribution in [-0.4, -0.2) is 50.5 Å². The zero-order valence-electron chi connectivity index (χ0n) is 29.0. The van der Waals surface area contributed by atoms with Gasteiger partial charge in [-0.05, 0) is 54.2 Å². The molecule has 1 atom stereocenters. The molecule has 0 aliphatic rings. The van der Waals surface area contributed by atoms with E-state index in [1.165, 1.54) is 6.07 Å². The Morgan fingerprint density at radius 3 is 1.55 bits per heavy atom. The zero-order chi connectivity index (χ0) is 35.8. The van der Waals surface area contributed by atoms with Gasteiger partial charge < -0.3 is 19.7 Å². The Balaban J connectivity index is 1.30. The highest BCUT2D eigenvalue weighted by Crippen LogP contribution is 2.34. The molecule has 0 spiro atoms. The quantitative estimate of drug-likeness (QED) is 0.116. The highest BCUT2D eigenvalue weighted by atomic mass is 16.6. The van der Waals surface area contributed by atoms with Gasteiger partial charge in [0.05, 0.1) is 18.8 Å². The van der Waals surface area contributed by atoms with E-state index in [2.05, 4.69) is 24.3 Å². The standard InChI is InChI=1S/C43H41N3O5/c1-4-43(5-2,27-47)28-50-42(49)29(3)51-36-24-25-37(38(48)26-36)41-45-39(34-20-16-32(17-21-34)30-12-8-6-9-13-30)44-40(46-41)35-22-18-33(19-23-35)31-14-10-7-11-15-31/h6-26,29,47-48H,4-5,27-28H2,1-3H3. The number of aliphatic hydroxyl groups is 1. The van der Waals surface area contributed by atoms with Crippen LogP contribution in [0.5, 0.6) is 11.5 Å². The van der Waals surface area contributed by atoms with Crippen molar-refractivity contribution in [2.24, 2.45) is 5.41 Å². The van der Waals surface area contributed by atoms with E-state index < -0.39 is 17.5 Å². The Bertz CT molecular complexity index is 1960. The molecule has 1 heterocycles. The van der Waals surface area contributed by atoms with Gasteiger partial charge in [0.25, 0.3) is 0 Å². The molecule has 0 bridgehead atoms. The summed E-state index contributed by atoms with van der Waals surface area (Å²) < 4.78 is 11.3. The summed E-state index contributed by atoms with van der Waals surface area (Å²) in [5.41, 5.74) is 5.84. The van der Waals surface area contributed by atoms with Crippen LogP contribution < -0.4 is 4.74 Å². The molecule has 0 saturated carbocycles. The number of ether oxygens (including phenoxy) is 2. The lowest BCUT2D eigenvalue weighted by atomic mass is 9.84. The van der Waals surface area contributed by atoms with Crippen molar-refractivity contribution in [1.82, 2.24) is 15.0 Å². The second kappa shape index (κ2) is 15.8. The second-order valence-corrected chi connectivity index (χ2v) is 12.6. The van der Waals surface area contributed by atoms with Crippen molar-refractivity contribution < 1.29 is 24.5 Å². The van der Waals surface area contributed by atoms with Gasteiger partial charge in [-0.1, -0.05) is 123 Å². The highest BCUT2D eigenvalue weighted by molar-refractivity contribution is 5.76. The first-order chi connectivity index (χ1) is 24.8. The van der Waals surface area contributed by atoms with E-state index in [4.69, 9.17) is 24.4 Å². The number of rotatable bonds is 13. The second-order valence-electron chi connectivity index (χ2n) is 12.6. The number of carbonyl (C=O) groups is 1. The molecule has 1 unspecified atom stereocenters. The van der Waals surface area contributed by atoms with Crippen molar-refractivity contribution in [1.29, 1.82) is 0 Å². The number of carbonyl (C=O) groups excluding carboxylic acids is 1. The summed E-state index contributed by atoms with van der Waals surface area (Å²) >= 11 is 0. The Labute approximate surface area is 298 Å². The van der Waals surface area contributed by atoms with E-state index >= 15 is 0 Å². The fourth-order valence-corrected chi connectivity index (χ4v) is 5.73. The average Bonchev–Trinajstić information content (AvgIpc) is 3.19. The molecule has 51 heavy (non-hydrogen) atoms. The SMILES string of the molecule is CCC(CC)(CO)COC(=O)C(C)Oc1ccc(-c2nc(-c3ccc(-c4ccccc4)cc3)nc(-c3ccc(-c4ccccc4)cc3)n2)c(O)c1. The first-order valence-electron chi connectivity index (χ1n) is 17.2. The van der Waals surface area contributed by atoms with Crippen LogP contribution in [-0.2, 0) is 9.53 Å². The zero-order valence-corrected chi connectivity index (χ0v) is 29.0. The number of phenols is 1. The molecule has 0 amide bonds. The van der Waals surface area contributed by atoms with Gasteiger partial charge in [0, 0.05) is 22.6 Å². The van der Waals surface area contributed by atoms with E-state index in [1.54, 1.807) is 19.1 Å². The van der Waals surface area contributed by atoms with Crippen molar-refractivity contribution >= 4 is 5.97 Å². The molecule has 1 aromatic heterocycles. The normalized spacial score (nSPS) is 11.9. The molecule has 8 heteroatoms. The van der Waals surface area contributed by atoms with Gasteiger partial charge in [0.1, 0.15) is 11.5 Å². The van der Waals surface area contributed by atoms with Crippen LogP contribution in [0.4, 0.5) is 0 Å². The maximum Gasteiger partial charge on any atom is 0.347 e. The summed E-state index contributed by atoms with van der Waals surface area (Å²) in [5.74, 6) is 0.799. The summed E-state index contributed by atoms with van der Waals surface area (Å²) in [7, 11) is 0. The molecule has 5 aromatic carbocycles. The van der Waals surface area contributed by atoms with E-state index in [0.29, 0.717) is 30.1 Å². The van der Waals surface area contributed by atoms with Crippen LogP contribution in [0.1, 0.15) is 33.6 Å². The lowest BCUT2D eigenvalue weighted by Crippen LogP contribution is -2.34. The summed E-state index contributed by atoms with van der Waals surface area (Å²) in [6.45, 7) is 5.53. The van der Waals surface area contributed by atoms with Crippen LogP contribution in [0.15, 0.2) is 127 Å². The van der Waals surface area contributed by atoms with Crippen molar-refractivity contribution in [2.75, 3.05) is 13.2 Å². The number of esters is 1. The van der Waals surface area contributed by atoms with Crippen molar-refractivity contribution in [2.45, 2.75) is 39.7 Å². The van der Waals surface area contributed by atoms with Gasteiger partial charge in [0.15, 0.2) is 23.6 Å². The third kappa shape index (κ3) is 8.14. The van der Waals surface area contributed by atoms with E-state index in [9.17, 15) is 15.0 Å². The number of aromatic nitrogens is 3. The van der Waals surface area contributed by atoms with Gasteiger partial charge in [0.2, 0.25) is 0 Å². The minimum absolute atomic E-state index is 0.0731. The van der Waals surface area contributed by atoms with Crippen LogP contribution in [0.25, 0.3) is 56.4 Å². The summed E-state index contributed by atoms with van der Waals surface area (Å²) in [6, 6.07) is 41.1. The van der Waals surface area contributed by atoms with Gasteiger partial charge in [-0.15, -0.1) is 0 Å². The molecule has 0 fully saturated rings. The lowest BCUT2D eigenvalue weighted by Gasteiger charge is -2.29. The number of aromatic hydroxyl groups is 1. The molecule has 0 aliphatic heterocycles. The molecule has 0 aliphatic carbocycles. The monoisotopic (exact) mass is 679 g/mol. The predicted octanol–water partition coefficient (Wildman–Crippen LogP) is 9.02. The molecular formula is C43H41N3O5. The van der Waals surface area contributed by atoms with E-state index in [1.807, 2.05) is 98.8 Å². The predicted molar refractivity (Wildman–Crippen MR) is 200 cm³/mol. The Hall–Kier alpha value is -5.86. The molecular weight excluding hydrogens is 638 g/mol. The van der Waals surface area contributed by atoms with Gasteiger partial charge >= 0.3 is 5.97 Å². The largest absolute Gasteiger partial charge is 0.507 e. The van der Waals surface area contributed by atoms with Gasteiger partial charge in [-0.3, -0.25) is 0 Å². The number of benzene rings is 5. The first kappa shape index (κ1) is 35.0. The topological polar surface area (TPSA) is 115 Å². The third-order valence-electron chi connectivity index (χ3n) is 9.35. The molecule has 258 valence electrons. The maximum atomic E-state index is 12.7. The first-order valence-corrected chi connectivity index (χ1v) is 17.2. The fourth-order valence-electron chi connectivity index (χ4n) is 5.73. The molecule has 6 aromatic rings. The number of hydrogen-bond acceptors (Lipinski definition) is 8. The minimum Gasteiger partial charge on any atom is -0.507 e. The maximum absolute atomic E-state index is 12.7. The average molecular weight is 680 g/mol. The molecule has 8 nitrogen and oxygen atoms in total. The van der Waals surface area contributed by atoms with Crippen LogP contribution in [0, 0.1) is 5.41 Å². The molecule has 2 N–H and O–H groups in total. The number of hydrogen-bond donors (Lipinski definition) is 2. The highest BCUT2D eigenvalue weighted by Gasteiger charge is 2.29. The number of aliphatic hydroxyl groups excluding tert-OH is 1. The Kier molecular flexibility index (Phi) is 10.8. The smallest absolute Gasteiger partial charge is 0.347 e. The molecule has 6 rings (SSSR count). The minimum atomic E-state index is -0.937. The van der Waals surface area contributed by atoms with E-state index in [-0.39, 0.29) is 30.5 Å². The fraction of sp³-hybridized carbons (Fsp3) is 0.209. The number of nitrogens with zero attached hydrogens (tertiary/aromatic N) is 3. The Morgan fingerprint density at radius 1 is 0.647 bits per heavy atom. The van der Waals surface area contributed by atoms with Crippen molar-refractivity contribution in [3.05, 3.63) is 127 Å². The van der Waals surface area contributed by atoms with Crippen LogP contribution in [0.2, 0.25) is 0 Å². The van der Waals surface area contributed by atoms with Crippen LogP contribution >= 0.6 is 0 Å². The lowest BCUT2D eigenvalue weighted by molar-refractivity contribution is -0.156. The summed E-state index contributed by atoms with van der Waals surface area (Å²) in [5, 5.41) is 21.0. The van der Waals surface area contributed by atoms with Crippen molar-refractivity contribution in [3.63, 3.8) is 0 Å². The van der Waals surface area contributed by atoms with Gasteiger partial charge in [-0.2, -0.15) is 0 Å². The van der Waals surface area contributed by atoms with E-state index in [0.717, 1.165) is 33.4 Å². The molecule has 0 radical (unpaired) electrons. The summed E-state index contributed by atoms with van der Waals surface area (Å²) in [4.78, 5) is 27.2. The third-order valence-corrected chi connectivity index (χ3v) is 9.35. The van der Waals surface area contributed by atoms with Crippen LogP contribution in [0.3, 0.4) is 0 Å².